The molecular formula is C13H19N3O4. The Morgan fingerprint density at radius 3 is 2.55 bits per heavy atom. The zero-order chi connectivity index (χ0) is 15.1. The Labute approximate surface area is 117 Å². The summed E-state index contributed by atoms with van der Waals surface area (Å²) in [5.74, 6) is -0.758. The highest BCUT2D eigenvalue weighted by Gasteiger charge is 2.23. The summed E-state index contributed by atoms with van der Waals surface area (Å²) in [5, 5.41) is 14.0. The van der Waals surface area contributed by atoms with E-state index in [2.05, 4.69) is 15.6 Å². The number of nitrogens with zero attached hydrogens (tertiary/aromatic N) is 1. The average molecular weight is 281 g/mol. The van der Waals surface area contributed by atoms with Gasteiger partial charge in [-0.25, -0.2) is 14.6 Å². The number of carbonyl (C=O) groups excluding carboxylic acids is 1. The van der Waals surface area contributed by atoms with Crippen molar-refractivity contribution in [3.63, 3.8) is 0 Å². The summed E-state index contributed by atoms with van der Waals surface area (Å²) in [7, 11) is 1.52. The lowest BCUT2D eigenvalue weighted by molar-refractivity contribution is -0.140. The van der Waals surface area contributed by atoms with Gasteiger partial charge in [0.25, 0.3) is 0 Å². The molecule has 20 heavy (non-hydrogen) atoms. The lowest BCUT2D eigenvalue weighted by atomic mass is 10.1. The molecule has 0 aliphatic carbocycles. The predicted octanol–water partition coefficient (Wildman–Crippen LogP) is 0.999. The van der Waals surface area contributed by atoms with Crippen LogP contribution in [0.15, 0.2) is 18.3 Å². The number of pyridine rings is 1. The van der Waals surface area contributed by atoms with Crippen LogP contribution in [0.5, 0.6) is 5.88 Å². The van der Waals surface area contributed by atoms with Crippen LogP contribution in [0.4, 0.5) is 4.79 Å². The van der Waals surface area contributed by atoms with Gasteiger partial charge >= 0.3 is 12.0 Å². The Kier molecular flexibility index (Phi) is 5.76. The molecule has 3 N–H and O–H groups in total. The lowest BCUT2D eigenvalue weighted by Crippen LogP contribution is -2.48. The second-order valence-electron chi connectivity index (χ2n) is 4.60. The highest BCUT2D eigenvalue weighted by atomic mass is 16.5. The largest absolute Gasteiger partial charge is 0.481 e. The summed E-state index contributed by atoms with van der Waals surface area (Å²) < 4.78 is 4.92. The van der Waals surface area contributed by atoms with E-state index in [1.54, 1.807) is 32.2 Å². The first-order valence-electron chi connectivity index (χ1n) is 6.20. The molecule has 1 rings (SSSR count). The Bertz CT molecular complexity index is 459. The smallest absolute Gasteiger partial charge is 0.326 e. The minimum atomic E-state index is -1.05. The van der Waals surface area contributed by atoms with Gasteiger partial charge in [0.1, 0.15) is 6.04 Å². The van der Waals surface area contributed by atoms with Crippen molar-refractivity contribution in [2.45, 2.75) is 26.4 Å². The van der Waals surface area contributed by atoms with Gasteiger partial charge in [-0.2, -0.15) is 0 Å². The van der Waals surface area contributed by atoms with Gasteiger partial charge in [-0.3, -0.25) is 0 Å². The van der Waals surface area contributed by atoms with Gasteiger partial charge in [-0.15, -0.1) is 0 Å². The fraction of sp³-hybridized carbons (Fsp3) is 0.462. The summed E-state index contributed by atoms with van der Waals surface area (Å²) in [6.07, 6.45) is 1.58. The van der Waals surface area contributed by atoms with E-state index in [-0.39, 0.29) is 12.5 Å². The second-order valence-corrected chi connectivity index (χ2v) is 4.60. The molecule has 0 saturated carbocycles. The molecule has 1 aromatic rings. The number of carbonyl (C=O) groups is 2. The molecule has 7 heteroatoms. The van der Waals surface area contributed by atoms with Crippen molar-refractivity contribution >= 4 is 12.0 Å². The molecule has 0 spiro atoms. The molecule has 1 heterocycles. The maximum absolute atomic E-state index is 11.6. The number of carboxylic acid groups (broad SMARTS) is 1. The number of amides is 2. The van der Waals surface area contributed by atoms with E-state index >= 15 is 0 Å². The minimum Gasteiger partial charge on any atom is -0.481 e. The van der Waals surface area contributed by atoms with Crippen LogP contribution in [0.1, 0.15) is 19.4 Å². The number of hydrogen-bond acceptors (Lipinski definition) is 4. The van der Waals surface area contributed by atoms with Crippen molar-refractivity contribution in [1.82, 2.24) is 15.6 Å². The summed E-state index contributed by atoms with van der Waals surface area (Å²) in [6, 6.07) is 2.01. The molecule has 0 aliphatic heterocycles. The quantitative estimate of drug-likeness (QED) is 0.722. The molecule has 0 radical (unpaired) electrons. The molecule has 7 nitrogen and oxygen atoms in total. The van der Waals surface area contributed by atoms with Gasteiger partial charge in [0, 0.05) is 18.8 Å². The maximum Gasteiger partial charge on any atom is 0.326 e. The number of hydrogen-bond donors (Lipinski definition) is 3. The van der Waals surface area contributed by atoms with Crippen LogP contribution in [0, 0.1) is 5.92 Å². The first-order valence-corrected chi connectivity index (χ1v) is 6.20. The summed E-state index contributed by atoms with van der Waals surface area (Å²) in [4.78, 5) is 26.6. The van der Waals surface area contributed by atoms with E-state index in [1.165, 1.54) is 7.11 Å². The third-order valence-electron chi connectivity index (χ3n) is 2.68. The Hall–Kier alpha value is -2.31. The van der Waals surface area contributed by atoms with Crippen molar-refractivity contribution in [1.29, 1.82) is 0 Å². The minimum absolute atomic E-state index is 0.194. The van der Waals surface area contributed by atoms with E-state index in [0.29, 0.717) is 5.88 Å². The van der Waals surface area contributed by atoms with Crippen molar-refractivity contribution < 1.29 is 19.4 Å². The molecule has 1 atom stereocenters. The Balaban J connectivity index is 2.47. The van der Waals surface area contributed by atoms with E-state index < -0.39 is 18.0 Å². The molecule has 0 saturated heterocycles. The van der Waals surface area contributed by atoms with Crippen LogP contribution in [0.25, 0.3) is 0 Å². The highest BCUT2D eigenvalue weighted by Crippen LogP contribution is 2.06. The zero-order valence-electron chi connectivity index (χ0n) is 11.7. The number of rotatable bonds is 6. The summed E-state index contributed by atoms with van der Waals surface area (Å²) in [5.41, 5.74) is 0.789. The second kappa shape index (κ2) is 7.32. The van der Waals surface area contributed by atoms with Gasteiger partial charge in [-0.05, 0) is 11.5 Å². The van der Waals surface area contributed by atoms with E-state index in [9.17, 15) is 9.59 Å². The number of urea groups is 1. The predicted molar refractivity (Wildman–Crippen MR) is 72.4 cm³/mol. The number of methoxy groups -OCH3 is 1. The van der Waals surface area contributed by atoms with E-state index in [0.717, 1.165) is 5.56 Å². The average Bonchev–Trinajstić information content (AvgIpc) is 2.42. The molecule has 0 bridgehead atoms. The molecule has 110 valence electrons. The number of aromatic nitrogens is 1. The molecule has 0 aliphatic rings. The molecule has 0 aromatic carbocycles. The van der Waals surface area contributed by atoms with Crippen molar-refractivity contribution in [3.05, 3.63) is 23.9 Å². The van der Waals surface area contributed by atoms with Gasteiger partial charge in [0.15, 0.2) is 0 Å². The standard InChI is InChI=1S/C13H19N3O4/c1-8(2)11(12(17)18)16-13(19)15-7-9-4-5-10(20-3)14-6-9/h4-6,8,11H,7H2,1-3H3,(H,17,18)(H2,15,16,19)/t11-/m0/s1. The SMILES string of the molecule is COc1ccc(CNC(=O)N[C@H](C(=O)O)C(C)C)cn1. The van der Waals surface area contributed by atoms with Gasteiger partial charge in [0.2, 0.25) is 5.88 Å². The monoisotopic (exact) mass is 281 g/mol. The van der Waals surface area contributed by atoms with Crippen molar-refractivity contribution in [2.24, 2.45) is 5.92 Å². The zero-order valence-corrected chi connectivity index (χ0v) is 11.7. The Morgan fingerprint density at radius 2 is 2.10 bits per heavy atom. The molecule has 0 unspecified atom stereocenters. The third-order valence-corrected chi connectivity index (χ3v) is 2.68. The maximum atomic E-state index is 11.6. The fourth-order valence-electron chi connectivity index (χ4n) is 1.52. The lowest BCUT2D eigenvalue weighted by Gasteiger charge is -2.18. The number of carboxylic acids is 1. The van der Waals surface area contributed by atoms with E-state index in [4.69, 9.17) is 9.84 Å². The number of ether oxygens (including phenoxy) is 1. The molecule has 1 aromatic heterocycles. The normalized spacial score (nSPS) is 11.8. The van der Waals surface area contributed by atoms with Crippen molar-refractivity contribution in [2.75, 3.05) is 7.11 Å². The number of aliphatic carboxylic acids is 1. The molecule has 0 fully saturated rings. The van der Waals surface area contributed by atoms with Crippen LogP contribution in [0.2, 0.25) is 0 Å². The van der Waals surface area contributed by atoms with Gasteiger partial charge in [0.05, 0.1) is 7.11 Å². The van der Waals surface area contributed by atoms with Crippen LogP contribution in [0.3, 0.4) is 0 Å². The first kappa shape index (κ1) is 15.7. The highest BCUT2D eigenvalue weighted by molar-refractivity contribution is 5.82. The first-order chi connectivity index (χ1) is 9.43. The van der Waals surface area contributed by atoms with Crippen LogP contribution in [-0.2, 0) is 11.3 Å². The van der Waals surface area contributed by atoms with Gasteiger partial charge in [-0.1, -0.05) is 19.9 Å². The van der Waals surface area contributed by atoms with E-state index in [1.807, 2.05) is 0 Å². The topological polar surface area (TPSA) is 101 Å². The fourth-order valence-corrected chi connectivity index (χ4v) is 1.52. The summed E-state index contributed by atoms with van der Waals surface area (Å²) >= 11 is 0. The van der Waals surface area contributed by atoms with Crippen LogP contribution < -0.4 is 15.4 Å². The van der Waals surface area contributed by atoms with Crippen LogP contribution in [-0.4, -0.2) is 35.2 Å². The molecule has 2 amide bonds. The van der Waals surface area contributed by atoms with Gasteiger partial charge < -0.3 is 20.5 Å². The summed E-state index contributed by atoms with van der Waals surface area (Å²) in [6.45, 7) is 3.71. The Morgan fingerprint density at radius 1 is 1.40 bits per heavy atom. The number of nitrogens with one attached hydrogen (secondary N) is 2. The van der Waals surface area contributed by atoms with Crippen LogP contribution >= 0.6 is 0 Å². The third kappa shape index (κ3) is 4.75. The molecular weight excluding hydrogens is 262 g/mol. The van der Waals surface area contributed by atoms with Crippen molar-refractivity contribution in [3.8, 4) is 5.88 Å².